The summed E-state index contributed by atoms with van der Waals surface area (Å²) in [6.07, 6.45) is 1.97. The first-order chi connectivity index (χ1) is 10.2. The molecule has 4 heteroatoms. The van der Waals surface area contributed by atoms with Crippen LogP contribution in [-0.4, -0.2) is 17.1 Å². The molecular weight excluding hydrogens is 280 g/mol. The number of rotatable bonds is 3. The lowest BCUT2D eigenvalue weighted by Crippen LogP contribution is -2.12. The second-order valence-electron chi connectivity index (χ2n) is 4.91. The number of hydrogen-bond acceptors (Lipinski definition) is 2. The molecule has 21 heavy (non-hydrogen) atoms. The molecule has 3 rings (SSSR count). The lowest BCUT2D eigenvalue weighted by atomic mass is 10.2. The highest BCUT2D eigenvalue weighted by Crippen LogP contribution is 2.23. The number of carbonyl (C=O) groups is 1. The first-order valence-corrected chi connectivity index (χ1v) is 7.93. The molecule has 1 heterocycles. The molecule has 0 saturated carbocycles. The van der Waals surface area contributed by atoms with E-state index in [4.69, 9.17) is 0 Å². The van der Waals surface area contributed by atoms with Gasteiger partial charge in [-0.25, -0.2) is 0 Å². The van der Waals surface area contributed by atoms with Crippen LogP contribution in [0.3, 0.4) is 0 Å². The Morgan fingerprint density at radius 1 is 1.14 bits per heavy atom. The number of benzene rings is 2. The number of fused-ring (bicyclic) bond motifs is 1. The number of carbonyl (C=O) groups excluding carboxylic acids is 1. The van der Waals surface area contributed by atoms with Gasteiger partial charge >= 0.3 is 0 Å². The molecule has 3 aromatic rings. The van der Waals surface area contributed by atoms with E-state index in [0.717, 1.165) is 27.2 Å². The molecule has 0 aliphatic rings. The van der Waals surface area contributed by atoms with Gasteiger partial charge in [0.15, 0.2) is 0 Å². The maximum Gasteiger partial charge on any atom is 0.256 e. The SMILES string of the molecule is CSc1ccccc1C(=O)Nc1ccc2[nH]c(C)cc2c1. The van der Waals surface area contributed by atoms with Gasteiger partial charge in [-0.1, -0.05) is 12.1 Å². The van der Waals surface area contributed by atoms with Gasteiger partial charge in [0.1, 0.15) is 0 Å². The Kier molecular flexibility index (Phi) is 3.71. The third-order valence-corrected chi connectivity index (χ3v) is 4.16. The molecule has 2 N–H and O–H groups in total. The summed E-state index contributed by atoms with van der Waals surface area (Å²) >= 11 is 1.57. The summed E-state index contributed by atoms with van der Waals surface area (Å²) in [6.45, 7) is 2.02. The van der Waals surface area contributed by atoms with Crippen LogP contribution in [0.25, 0.3) is 10.9 Å². The molecule has 0 bridgehead atoms. The van der Waals surface area contributed by atoms with Gasteiger partial charge in [-0.05, 0) is 49.6 Å². The van der Waals surface area contributed by atoms with E-state index in [1.807, 2.05) is 55.6 Å². The van der Waals surface area contributed by atoms with Crippen LogP contribution in [0.15, 0.2) is 53.4 Å². The summed E-state index contributed by atoms with van der Waals surface area (Å²) in [5.41, 5.74) is 3.70. The summed E-state index contributed by atoms with van der Waals surface area (Å²) in [6, 6.07) is 15.6. The second-order valence-corrected chi connectivity index (χ2v) is 5.76. The van der Waals surface area contributed by atoms with Gasteiger partial charge in [0, 0.05) is 27.2 Å². The molecule has 0 fully saturated rings. The molecule has 1 amide bonds. The molecule has 3 nitrogen and oxygen atoms in total. The second kappa shape index (κ2) is 5.66. The zero-order valence-electron chi connectivity index (χ0n) is 11.9. The van der Waals surface area contributed by atoms with E-state index in [9.17, 15) is 4.79 Å². The van der Waals surface area contributed by atoms with E-state index in [1.165, 1.54) is 0 Å². The van der Waals surface area contributed by atoms with Crippen molar-refractivity contribution in [2.45, 2.75) is 11.8 Å². The summed E-state index contributed by atoms with van der Waals surface area (Å²) < 4.78 is 0. The van der Waals surface area contributed by atoms with E-state index < -0.39 is 0 Å². The minimum atomic E-state index is -0.0773. The number of hydrogen-bond donors (Lipinski definition) is 2. The van der Waals surface area contributed by atoms with Gasteiger partial charge in [-0.3, -0.25) is 4.79 Å². The zero-order valence-corrected chi connectivity index (χ0v) is 12.8. The smallest absolute Gasteiger partial charge is 0.256 e. The summed E-state index contributed by atoms with van der Waals surface area (Å²) in [5.74, 6) is -0.0773. The van der Waals surface area contributed by atoms with Crippen molar-refractivity contribution in [1.82, 2.24) is 4.98 Å². The number of H-pyrrole nitrogens is 1. The number of nitrogens with one attached hydrogen (secondary N) is 2. The highest BCUT2D eigenvalue weighted by molar-refractivity contribution is 7.98. The lowest BCUT2D eigenvalue weighted by Gasteiger charge is -2.08. The van der Waals surface area contributed by atoms with Crippen LogP contribution in [0.5, 0.6) is 0 Å². The number of aromatic nitrogens is 1. The molecule has 0 radical (unpaired) electrons. The normalized spacial score (nSPS) is 10.8. The third kappa shape index (κ3) is 2.81. The predicted octanol–water partition coefficient (Wildman–Crippen LogP) is 4.45. The average Bonchev–Trinajstić information content (AvgIpc) is 2.86. The van der Waals surface area contributed by atoms with E-state index in [-0.39, 0.29) is 5.91 Å². The molecule has 1 aromatic heterocycles. The fourth-order valence-electron chi connectivity index (χ4n) is 2.39. The molecule has 2 aromatic carbocycles. The molecule has 0 unspecified atom stereocenters. The molecule has 106 valence electrons. The number of aromatic amines is 1. The first-order valence-electron chi connectivity index (χ1n) is 6.71. The Bertz CT molecular complexity index is 807. The van der Waals surface area contributed by atoms with Crippen LogP contribution in [0, 0.1) is 6.92 Å². The number of anilines is 1. The Labute approximate surface area is 127 Å². The summed E-state index contributed by atoms with van der Waals surface area (Å²) in [4.78, 5) is 16.7. The van der Waals surface area contributed by atoms with Crippen molar-refractivity contribution < 1.29 is 4.79 Å². The number of thioether (sulfide) groups is 1. The van der Waals surface area contributed by atoms with Gasteiger partial charge < -0.3 is 10.3 Å². The quantitative estimate of drug-likeness (QED) is 0.701. The lowest BCUT2D eigenvalue weighted by molar-refractivity contribution is 0.102. The van der Waals surface area contributed by atoms with Crippen molar-refractivity contribution in [2.24, 2.45) is 0 Å². The zero-order chi connectivity index (χ0) is 14.8. The highest BCUT2D eigenvalue weighted by Gasteiger charge is 2.10. The Morgan fingerprint density at radius 2 is 1.95 bits per heavy atom. The van der Waals surface area contributed by atoms with Gasteiger partial charge in [-0.15, -0.1) is 11.8 Å². The van der Waals surface area contributed by atoms with Crippen molar-refractivity contribution in [3.63, 3.8) is 0 Å². The minimum absolute atomic E-state index is 0.0773. The van der Waals surface area contributed by atoms with Crippen LogP contribution in [0.2, 0.25) is 0 Å². The van der Waals surface area contributed by atoms with Gasteiger partial charge in [0.2, 0.25) is 0 Å². The first kappa shape index (κ1) is 13.8. The number of aryl methyl sites for hydroxylation is 1. The summed E-state index contributed by atoms with van der Waals surface area (Å²) in [5, 5.41) is 4.07. The van der Waals surface area contributed by atoms with Crippen molar-refractivity contribution in [3.8, 4) is 0 Å². The van der Waals surface area contributed by atoms with Crippen LogP contribution in [-0.2, 0) is 0 Å². The Balaban J connectivity index is 1.88. The molecule has 0 spiro atoms. The van der Waals surface area contributed by atoms with E-state index >= 15 is 0 Å². The van der Waals surface area contributed by atoms with Gasteiger partial charge in [0.05, 0.1) is 5.56 Å². The van der Waals surface area contributed by atoms with Gasteiger partial charge in [0.25, 0.3) is 5.91 Å². The molecule has 0 aliphatic carbocycles. The minimum Gasteiger partial charge on any atom is -0.359 e. The largest absolute Gasteiger partial charge is 0.359 e. The topological polar surface area (TPSA) is 44.9 Å². The van der Waals surface area contributed by atoms with Crippen molar-refractivity contribution in [1.29, 1.82) is 0 Å². The van der Waals surface area contributed by atoms with E-state index in [0.29, 0.717) is 5.56 Å². The predicted molar refractivity (Wildman–Crippen MR) is 89.2 cm³/mol. The molecular formula is C17H16N2OS. The van der Waals surface area contributed by atoms with Crippen LogP contribution >= 0.6 is 11.8 Å². The molecule has 0 saturated heterocycles. The van der Waals surface area contributed by atoms with Crippen LogP contribution < -0.4 is 5.32 Å². The van der Waals surface area contributed by atoms with E-state index in [2.05, 4.69) is 16.4 Å². The maximum atomic E-state index is 12.4. The fraction of sp³-hybridized carbons (Fsp3) is 0.118. The molecule has 0 aliphatic heterocycles. The van der Waals surface area contributed by atoms with Gasteiger partial charge in [-0.2, -0.15) is 0 Å². The third-order valence-electron chi connectivity index (χ3n) is 3.36. The monoisotopic (exact) mass is 296 g/mol. The Hall–Kier alpha value is -2.20. The van der Waals surface area contributed by atoms with Crippen molar-refractivity contribution >= 4 is 34.3 Å². The van der Waals surface area contributed by atoms with Crippen LogP contribution in [0.4, 0.5) is 5.69 Å². The molecule has 0 atom stereocenters. The number of amides is 1. The van der Waals surface area contributed by atoms with Crippen LogP contribution in [0.1, 0.15) is 16.1 Å². The average molecular weight is 296 g/mol. The highest BCUT2D eigenvalue weighted by atomic mass is 32.2. The van der Waals surface area contributed by atoms with E-state index in [1.54, 1.807) is 11.8 Å². The van der Waals surface area contributed by atoms with Crippen molar-refractivity contribution in [2.75, 3.05) is 11.6 Å². The Morgan fingerprint density at radius 3 is 2.76 bits per heavy atom. The fourth-order valence-corrected chi connectivity index (χ4v) is 2.98. The standard InChI is InChI=1S/C17H16N2OS/c1-11-9-12-10-13(7-8-15(12)18-11)19-17(20)14-5-3-4-6-16(14)21-2/h3-10,18H,1-2H3,(H,19,20). The van der Waals surface area contributed by atoms with Crippen molar-refractivity contribution in [3.05, 3.63) is 59.8 Å². The summed E-state index contributed by atoms with van der Waals surface area (Å²) in [7, 11) is 0. The maximum absolute atomic E-state index is 12.4.